The normalized spacial score (nSPS) is 14.9. The minimum absolute atomic E-state index is 0.192. The van der Waals surface area contributed by atoms with Crippen molar-refractivity contribution in [2.75, 3.05) is 11.9 Å². The SMILES string of the molecule is CC(CN)C(=NC(C)(C)Cl)Nc1ccc(Cl)c(C(F)(F)F)c1. The first kappa shape index (κ1) is 19.1. The third-order valence-corrected chi connectivity index (χ3v) is 3.16. The maximum Gasteiger partial charge on any atom is 0.417 e. The zero-order valence-electron chi connectivity index (χ0n) is 12.4. The lowest BCUT2D eigenvalue weighted by molar-refractivity contribution is -0.137. The van der Waals surface area contributed by atoms with E-state index in [1.54, 1.807) is 20.8 Å². The van der Waals surface area contributed by atoms with E-state index in [0.29, 0.717) is 5.84 Å². The monoisotopic (exact) mass is 355 g/mol. The number of nitrogens with two attached hydrogens (primary N) is 1. The number of nitrogens with zero attached hydrogens (tertiary/aromatic N) is 1. The van der Waals surface area contributed by atoms with Crippen LogP contribution < -0.4 is 11.1 Å². The first-order valence-electron chi connectivity index (χ1n) is 6.56. The van der Waals surface area contributed by atoms with Crippen LogP contribution in [0.2, 0.25) is 5.02 Å². The second-order valence-corrected chi connectivity index (χ2v) is 6.69. The third kappa shape index (κ3) is 5.66. The summed E-state index contributed by atoms with van der Waals surface area (Å²) in [6.07, 6.45) is -4.53. The molecule has 3 N–H and O–H groups in total. The van der Waals surface area contributed by atoms with Crippen LogP contribution in [0.15, 0.2) is 23.2 Å². The number of aliphatic imine (C=N–C) groups is 1. The largest absolute Gasteiger partial charge is 0.417 e. The van der Waals surface area contributed by atoms with E-state index in [2.05, 4.69) is 10.3 Å². The average Bonchev–Trinajstić information content (AvgIpc) is 2.36. The summed E-state index contributed by atoms with van der Waals surface area (Å²) in [6.45, 7) is 5.42. The molecule has 0 fully saturated rings. The molecule has 0 aliphatic heterocycles. The van der Waals surface area contributed by atoms with Gasteiger partial charge in [0.15, 0.2) is 0 Å². The smallest absolute Gasteiger partial charge is 0.344 e. The van der Waals surface area contributed by atoms with Gasteiger partial charge < -0.3 is 11.1 Å². The Labute approximate surface area is 137 Å². The summed E-state index contributed by atoms with van der Waals surface area (Å²) < 4.78 is 38.6. The fourth-order valence-corrected chi connectivity index (χ4v) is 1.94. The maximum absolute atomic E-state index is 12.9. The number of amidine groups is 1. The quantitative estimate of drug-likeness (QED) is 0.354. The van der Waals surface area contributed by atoms with Gasteiger partial charge in [-0.3, -0.25) is 4.99 Å². The Hall–Kier alpha value is -0.980. The Morgan fingerprint density at radius 1 is 1.36 bits per heavy atom. The molecule has 1 unspecified atom stereocenters. The lowest BCUT2D eigenvalue weighted by atomic mass is 10.1. The highest BCUT2D eigenvalue weighted by atomic mass is 35.5. The van der Waals surface area contributed by atoms with Gasteiger partial charge in [-0.1, -0.05) is 30.1 Å². The van der Waals surface area contributed by atoms with Gasteiger partial charge in [-0.25, -0.2) is 0 Å². The Morgan fingerprint density at radius 3 is 2.41 bits per heavy atom. The molecule has 0 aliphatic carbocycles. The highest BCUT2D eigenvalue weighted by Crippen LogP contribution is 2.36. The van der Waals surface area contributed by atoms with Gasteiger partial charge >= 0.3 is 6.18 Å². The minimum Gasteiger partial charge on any atom is -0.344 e. The number of anilines is 1. The summed E-state index contributed by atoms with van der Waals surface area (Å²) in [4.78, 5) is 3.37. The number of alkyl halides is 4. The standard InChI is InChI=1S/C14H18Cl2F3N3/c1-8(7-20)12(22-13(2,3)16)21-9-4-5-11(15)10(6-9)14(17,18)19/h4-6,8H,7,20H2,1-3H3,(H,21,22). The van der Waals surface area contributed by atoms with E-state index in [1.165, 1.54) is 12.1 Å². The van der Waals surface area contributed by atoms with Crippen LogP contribution in [-0.2, 0) is 6.18 Å². The summed E-state index contributed by atoms with van der Waals surface area (Å²) >= 11 is 11.6. The third-order valence-electron chi connectivity index (χ3n) is 2.75. The molecule has 0 saturated heterocycles. The van der Waals surface area contributed by atoms with Gasteiger partial charge in [0.25, 0.3) is 0 Å². The number of halogens is 5. The number of benzene rings is 1. The molecule has 1 aromatic carbocycles. The number of rotatable bonds is 4. The van der Waals surface area contributed by atoms with Crippen LogP contribution >= 0.6 is 23.2 Å². The van der Waals surface area contributed by atoms with E-state index < -0.39 is 16.7 Å². The van der Waals surface area contributed by atoms with Gasteiger partial charge in [0.05, 0.1) is 10.6 Å². The predicted molar refractivity (Wildman–Crippen MR) is 85.7 cm³/mol. The fraction of sp³-hybridized carbons (Fsp3) is 0.500. The van der Waals surface area contributed by atoms with Crippen molar-refractivity contribution < 1.29 is 13.2 Å². The Kier molecular flexibility index (Phi) is 6.12. The molecule has 124 valence electrons. The molecule has 8 heteroatoms. The van der Waals surface area contributed by atoms with Crippen LogP contribution in [0.1, 0.15) is 26.3 Å². The summed E-state index contributed by atoms with van der Waals surface area (Å²) in [5.41, 5.74) is 4.91. The zero-order chi connectivity index (χ0) is 17.1. The summed E-state index contributed by atoms with van der Waals surface area (Å²) in [5, 5.41) is 2.49. The van der Waals surface area contributed by atoms with E-state index >= 15 is 0 Å². The van der Waals surface area contributed by atoms with Crippen molar-refractivity contribution in [2.45, 2.75) is 31.9 Å². The molecular weight excluding hydrogens is 338 g/mol. The lowest BCUT2D eigenvalue weighted by Gasteiger charge is -2.20. The van der Waals surface area contributed by atoms with Crippen LogP contribution in [0, 0.1) is 5.92 Å². The molecule has 0 heterocycles. The molecule has 1 atom stereocenters. The van der Waals surface area contributed by atoms with Gasteiger partial charge in [0, 0.05) is 18.2 Å². The van der Waals surface area contributed by atoms with Crippen LogP contribution in [0.4, 0.5) is 18.9 Å². The molecule has 1 aromatic rings. The second kappa shape index (κ2) is 7.06. The molecule has 1 rings (SSSR count). The molecular formula is C14H18Cl2F3N3. The van der Waals surface area contributed by atoms with Gasteiger partial charge in [0.2, 0.25) is 0 Å². The van der Waals surface area contributed by atoms with Crippen molar-refractivity contribution in [1.29, 1.82) is 0 Å². The Bertz CT molecular complexity index is 551. The van der Waals surface area contributed by atoms with Crippen LogP contribution in [0.3, 0.4) is 0 Å². The maximum atomic E-state index is 12.9. The first-order chi connectivity index (χ1) is 9.94. The molecule has 0 saturated carbocycles. The van der Waals surface area contributed by atoms with Gasteiger partial charge in [-0.05, 0) is 32.0 Å². The van der Waals surface area contributed by atoms with Crippen LogP contribution in [0.5, 0.6) is 0 Å². The van der Waals surface area contributed by atoms with Gasteiger partial charge in [-0.15, -0.1) is 0 Å². The molecule has 0 aromatic heterocycles. The van der Waals surface area contributed by atoms with E-state index in [1.807, 2.05) is 0 Å². The fourth-order valence-electron chi connectivity index (χ4n) is 1.63. The topological polar surface area (TPSA) is 50.4 Å². The molecule has 22 heavy (non-hydrogen) atoms. The van der Waals surface area contributed by atoms with Crippen molar-refractivity contribution in [3.05, 3.63) is 28.8 Å². The molecule has 0 spiro atoms. The molecule has 0 radical (unpaired) electrons. The lowest BCUT2D eigenvalue weighted by Crippen LogP contribution is -2.29. The minimum atomic E-state index is -4.53. The predicted octanol–water partition coefficient (Wildman–Crippen LogP) is 4.74. The van der Waals surface area contributed by atoms with Crippen LogP contribution in [0.25, 0.3) is 0 Å². The van der Waals surface area contributed by atoms with Crippen molar-refractivity contribution in [1.82, 2.24) is 0 Å². The van der Waals surface area contributed by atoms with Crippen molar-refractivity contribution >= 4 is 34.7 Å². The van der Waals surface area contributed by atoms with Gasteiger partial charge in [0.1, 0.15) is 10.8 Å². The van der Waals surface area contributed by atoms with Gasteiger partial charge in [-0.2, -0.15) is 13.2 Å². The highest BCUT2D eigenvalue weighted by Gasteiger charge is 2.33. The zero-order valence-corrected chi connectivity index (χ0v) is 13.9. The number of nitrogens with one attached hydrogen (secondary N) is 1. The highest BCUT2D eigenvalue weighted by molar-refractivity contribution is 6.31. The van der Waals surface area contributed by atoms with Crippen LogP contribution in [-0.4, -0.2) is 17.4 Å². The Balaban J connectivity index is 3.18. The summed E-state index contributed by atoms with van der Waals surface area (Å²) in [7, 11) is 0. The summed E-state index contributed by atoms with van der Waals surface area (Å²) in [5.74, 6) is 0.223. The van der Waals surface area contributed by atoms with E-state index in [-0.39, 0.29) is 23.2 Å². The van der Waals surface area contributed by atoms with E-state index in [0.717, 1.165) is 6.07 Å². The molecule has 0 aliphatic rings. The average molecular weight is 356 g/mol. The molecule has 0 bridgehead atoms. The summed E-state index contributed by atoms with van der Waals surface area (Å²) in [6, 6.07) is 3.56. The Morgan fingerprint density at radius 2 is 1.95 bits per heavy atom. The first-order valence-corrected chi connectivity index (χ1v) is 7.32. The second-order valence-electron chi connectivity index (χ2n) is 5.36. The molecule has 0 amide bonds. The van der Waals surface area contributed by atoms with Crippen molar-refractivity contribution in [3.63, 3.8) is 0 Å². The van der Waals surface area contributed by atoms with E-state index in [4.69, 9.17) is 28.9 Å². The van der Waals surface area contributed by atoms with E-state index in [9.17, 15) is 13.2 Å². The van der Waals surface area contributed by atoms with Crippen molar-refractivity contribution in [2.24, 2.45) is 16.6 Å². The van der Waals surface area contributed by atoms with Crippen molar-refractivity contribution in [3.8, 4) is 0 Å². The molecule has 3 nitrogen and oxygen atoms in total. The number of hydrogen-bond acceptors (Lipinski definition) is 2. The number of hydrogen-bond donors (Lipinski definition) is 2.